The monoisotopic (exact) mass is 414 g/mol. The van der Waals surface area contributed by atoms with Crippen LogP contribution in [0.15, 0.2) is 45.6 Å². The second-order valence-electron chi connectivity index (χ2n) is 6.05. The second kappa shape index (κ2) is 7.50. The number of aromatic nitrogens is 1. The van der Waals surface area contributed by atoms with Gasteiger partial charge in [-0.15, -0.1) is 11.3 Å². The topological polar surface area (TPSA) is 59.1 Å². The third-order valence-corrected chi connectivity index (χ3v) is 7.33. The molecule has 0 aliphatic heterocycles. The Hall–Kier alpha value is -1.71. The highest BCUT2D eigenvalue weighted by Crippen LogP contribution is 2.32. The van der Waals surface area contributed by atoms with E-state index in [-0.39, 0.29) is 4.90 Å². The molecule has 0 fully saturated rings. The minimum absolute atomic E-state index is 0.339. The van der Waals surface area contributed by atoms with Crippen molar-refractivity contribution in [3.63, 3.8) is 0 Å². The maximum Gasteiger partial charge on any atom is 0.261 e. The van der Waals surface area contributed by atoms with Gasteiger partial charge in [0.05, 0.1) is 20.8 Å². The van der Waals surface area contributed by atoms with E-state index in [9.17, 15) is 17.2 Å². The molecule has 0 aliphatic carbocycles. The fraction of sp³-hybridized carbons (Fsp3) is 0.235. The molecule has 3 aromatic rings. The molecule has 9 heteroatoms. The van der Waals surface area contributed by atoms with E-state index in [2.05, 4.69) is 23.6 Å². The minimum atomic E-state index is -4.01. The highest BCUT2D eigenvalue weighted by Gasteiger charge is 2.17. The highest BCUT2D eigenvalue weighted by molar-refractivity contribution is 8.01. The van der Waals surface area contributed by atoms with Crippen molar-refractivity contribution in [3.05, 3.63) is 48.0 Å². The summed E-state index contributed by atoms with van der Waals surface area (Å²) in [5.74, 6) is -0.806. The standard InChI is InChI=1S/C17H16F2N2O2S3/c1-10(2)9-24-17-20-15-6-3-11(7-16(15)25-17)21-26(22,23)12-4-5-13(18)14(19)8-12/h3-8,10,21H,9H2,1-2H3. The Morgan fingerprint density at radius 2 is 1.92 bits per heavy atom. The van der Waals surface area contributed by atoms with Crippen LogP contribution in [0.25, 0.3) is 10.2 Å². The second-order valence-corrected chi connectivity index (χ2v) is 10.0. The van der Waals surface area contributed by atoms with Crippen molar-refractivity contribution in [2.24, 2.45) is 5.92 Å². The van der Waals surface area contributed by atoms with Crippen molar-refractivity contribution in [3.8, 4) is 0 Å². The molecule has 0 bridgehead atoms. The minimum Gasteiger partial charge on any atom is -0.280 e. The Morgan fingerprint density at radius 1 is 1.15 bits per heavy atom. The van der Waals surface area contributed by atoms with Gasteiger partial charge in [-0.2, -0.15) is 0 Å². The molecule has 0 saturated heterocycles. The lowest BCUT2D eigenvalue weighted by atomic mass is 10.3. The van der Waals surface area contributed by atoms with E-state index in [4.69, 9.17) is 0 Å². The fourth-order valence-electron chi connectivity index (χ4n) is 2.12. The summed E-state index contributed by atoms with van der Waals surface area (Å²) in [6, 6.07) is 7.47. The number of anilines is 1. The van der Waals surface area contributed by atoms with Gasteiger partial charge in [-0.3, -0.25) is 4.72 Å². The number of fused-ring (bicyclic) bond motifs is 1. The normalized spacial score (nSPS) is 12.0. The van der Waals surface area contributed by atoms with Crippen LogP contribution in [0, 0.1) is 17.6 Å². The Bertz CT molecular complexity index is 1050. The first kappa shape index (κ1) is 19.1. The van der Waals surface area contributed by atoms with E-state index in [1.54, 1.807) is 30.0 Å². The number of nitrogens with one attached hydrogen (secondary N) is 1. The van der Waals surface area contributed by atoms with Crippen LogP contribution in [0.1, 0.15) is 13.8 Å². The Balaban J connectivity index is 1.84. The van der Waals surface area contributed by atoms with Crippen molar-refractivity contribution in [1.29, 1.82) is 0 Å². The summed E-state index contributed by atoms with van der Waals surface area (Å²) >= 11 is 3.15. The molecule has 0 saturated carbocycles. The van der Waals surface area contributed by atoms with Crippen LogP contribution in [-0.2, 0) is 10.0 Å². The van der Waals surface area contributed by atoms with E-state index >= 15 is 0 Å². The van der Waals surface area contributed by atoms with Gasteiger partial charge in [-0.1, -0.05) is 25.6 Å². The van der Waals surface area contributed by atoms with Gasteiger partial charge in [-0.25, -0.2) is 22.2 Å². The third-order valence-electron chi connectivity index (χ3n) is 3.36. The summed E-state index contributed by atoms with van der Waals surface area (Å²) < 4.78 is 55.2. The third kappa shape index (κ3) is 4.33. The molecule has 1 heterocycles. The Kier molecular flexibility index (Phi) is 5.50. The zero-order chi connectivity index (χ0) is 18.9. The van der Waals surface area contributed by atoms with Crippen molar-refractivity contribution >= 4 is 49.0 Å². The van der Waals surface area contributed by atoms with E-state index < -0.39 is 21.7 Å². The molecule has 4 nitrogen and oxygen atoms in total. The van der Waals surface area contributed by atoms with Gasteiger partial charge in [0.15, 0.2) is 16.0 Å². The smallest absolute Gasteiger partial charge is 0.261 e. The molecule has 0 unspecified atom stereocenters. The highest BCUT2D eigenvalue weighted by atomic mass is 32.2. The van der Waals surface area contributed by atoms with Gasteiger partial charge in [0.2, 0.25) is 0 Å². The molecule has 0 aliphatic rings. The summed E-state index contributed by atoms with van der Waals surface area (Å²) in [5.41, 5.74) is 1.13. The zero-order valence-corrected chi connectivity index (χ0v) is 16.4. The number of hydrogen-bond acceptors (Lipinski definition) is 5. The van der Waals surface area contributed by atoms with E-state index in [0.717, 1.165) is 32.4 Å². The lowest BCUT2D eigenvalue weighted by Crippen LogP contribution is -2.13. The van der Waals surface area contributed by atoms with E-state index in [1.807, 2.05) is 0 Å². The molecule has 1 N–H and O–H groups in total. The number of halogens is 2. The largest absolute Gasteiger partial charge is 0.280 e. The zero-order valence-electron chi connectivity index (χ0n) is 14.0. The summed E-state index contributed by atoms with van der Waals surface area (Å²) in [4.78, 5) is 4.18. The molecule has 0 radical (unpaired) electrons. The van der Waals surface area contributed by atoms with Crippen molar-refractivity contribution in [2.45, 2.75) is 23.1 Å². The predicted octanol–water partition coefficient (Wildman–Crippen LogP) is 5.12. The van der Waals surface area contributed by atoms with Gasteiger partial charge in [0.25, 0.3) is 10.0 Å². The maximum absolute atomic E-state index is 13.3. The van der Waals surface area contributed by atoms with Crippen molar-refractivity contribution in [1.82, 2.24) is 4.98 Å². The average Bonchev–Trinajstić information content (AvgIpc) is 2.97. The fourth-order valence-corrected chi connectivity index (χ4v) is 5.27. The van der Waals surface area contributed by atoms with Crippen LogP contribution in [0.5, 0.6) is 0 Å². The summed E-state index contributed by atoms with van der Waals surface area (Å²) in [5, 5.41) is 0. The van der Waals surface area contributed by atoms with Crippen molar-refractivity contribution in [2.75, 3.05) is 10.5 Å². The van der Waals surface area contributed by atoms with Gasteiger partial charge in [0.1, 0.15) is 0 Å². The Labute approximate surface area is 158 Å². The molecule has 3 rings (SSSR count). The van der Waals surface area contributed by atoms with Crippen molar-refractivity contribution < 1.29 is 17.2 Å². The Morgan fingerprint density at radius 3 is 2.62 bits per heavy atom. The number of nitrogens with zero attached hydrogens (tertiary/aromatic N) is 1. The molecule has 138 valence electrons. The summed E-state index contributed by atoms with van der Waals surface area (Å²) in [6.45, 7) is 4.26. The molecule has 1 aromatic heterocycles. The van der Waals surface area contributed by atoms with Gasteiger partial charge < -0.3 is 0 Å². The van der Waals surface area contributed by atoms with E-state index in [1.165, 1.54) is 11.3 Å². The molecule has 2 aromatic carbocycles. The number of sulfonamides is 1. The summed E-state index contributed by atoms with van der Waals surface area (Å²) in [6.07, 6.45) is 0. The first-order valence-electron chi connectivity index (χ1n) is 7.76. The van der Waals surface area contributed by atoms with Crippen LogP contribution >= 0.6 is 23.1 Å². The van der Waals surface area contributed by atoms with Crippen LogP contribution in [0.2, 0.25) is 0 Å². The quantitative estimate of drug-likeness (QED) is 0.569. The maximum atomic E-state index is 13.3. The van der Waals surface area contributed by atoms with Crippen LogP contribution in [0.3, 0.4) is 0 Å². The SMILES string of the molecule is CC(C)CSc1nc2ccc(NS(=O)(=O)c3ccc(F)c(F)c3)cc2s1. The van der Waals surface area contributed by atoms with Gasteiger partial charge >= 0.3 is 0 Å². The summed E-state index contributed by atoms with van der Waals surface area (Å²) in [7, 11) is -4.01. The lowest BCUT2D eigenvalue weighted by molar-refractivity contribution is 0.504. The molecule has 0 spiro atoms. The molecule has 0 amide bonds. The van der Waals surface area contributed by atoms with E-state index in [0.29, 0.717) is 17.7 Å². The first-order valence-corrected chi connectivity index (χ1v) is 11.0. The van der Waals surface area contributed by atoms with Gasteiger partial charge in [0, 0.05) is 5.75 Å². The van der Waals surface area contributed by atoms with Gasteiger partial charge in [-0.05, 0) is 42.3 Å². The van der Waals surface area contributed by atoms with Crippen LogP contribution < -0.4 is 4.72 Å². The lowest BCUT2D eigenvalue weighted by Gasteiger charge is -2.08. The first-order chi connectivity index (χ1) is 12.2. The number of rotatable bonds is 6. The number of benzene rings is 2. The van der Waals surface area contributed by atoms with Crippen LogP contribution in [0.4, 0.5) is 14.5 Å². The molecule has 0 atom stereocenters. The molecular formula is C17H16F2N2O2S3. The average molecular weight is 415 g/mol. The predicted molar refractivity (Wildman–Crippen MR) is 102 cm³/mol. The molecule has 26 heavy (non-hydrogen) atoms. The number of hydrogen-bond donors (Lipinski definition) is 1. The number of thioether (sulfide) groups is 1. The molecular weight excluding hydrogens is 398 g/mol. The number of thiazole rings is 1. The van der Waals surface area contributed by atoms with Crippen LogP contribution in [-0.4, -0.2) is 19.2 Å².